The van der Waals surface area contributed by atoms with Gasteiger partial charge in [-0.1, -0.05) is 24.3 Å². The molecule has 2 aromatic rings. The van der Waals surface area contributed by atoms with Crippen LogP contribution in [-0.4, -0.2) is 13.2 Å². The van der Waals surface area contributed by atoms with Crippen LogP contribution in [0.3, 0.4) is 0 Å². The van der Waals surface area contributed by atoms with Gasteiger partial charge in [-0.05, 0) is 37.6 Å². The number of rotatable bonds is 5. The fourth-order valence-electron chi connectivity index (χ4n) is 2.16. The summed E-state index contributed by atoms with van der Waals surface area (Å²) >= 11 is 0. The number of ether oxygens (including phenoxy) is 2. The second kappa shape index (κ2) is 6.59. The molecule has 0 aromatic heterocycles. The lowest BCUT2D eigenvalue weighted by Gasteiger charge is -2.17. The molecule has 1 unspecified atom stereocenters. The van der Waals surface area contributed by atoms with Gasteiger partial charge in [-0.2, -0.15) is 0 Å². The van der Waals surface area contributed by atoms with Crippen molar-refractivity contribution >= 4 is 0 Å². The number of benzene rings is 2. The van der Waals surface area contributed by atoms with Gasteiger partial charge >= 0.3 is 0 Å². The third-order valence-corrected chi connectivity index (χ3v) is 3.14. The third-order valence-electron chi connectivity index (χ3n) is 3.14. The standard InChI is InChI=1S/C17H20FNO2/c1-11(2)21-13-7-4-6-12(10-13)17(19)14-8-5-9-15(20-3)16(14)18/h4-11,17H,19H2,1-3H3. The van der Waals surface area contributed by atoms with Gasteiger partial charge in [0.1, 0.15) is 5.75 Å². The van der Waals surface area contributed by atoms with Gasteiger partial charge in [0.05, 0.1) is 19.3 Å². The Hall–Kier alpha value is -2.07. The number of halogens is 1. The molecule has 3 nitrogen and oxygen atoms in total. The van der Waals surface area contributed by atoms with Crippen molar-refractivity contribution in [3.05, 3.63) is 59.4 Å². The van der Waals surface area contributed by atoms with Crippen molar-refractivity contribution in [3.63, 3.8) is 0 Å². The van der Waals surface area contributed by atoms with E-state index in [0.717, 1.165) is 11.3 Å². The van der Waals surface area contributed by atoms with Gasteiger partial charge in [-0.15, -0.1) is 0 Å². The van der Waals surface area contributed by atoms with E-state index < -0.39 is 11.9 Å². The SMILES string of the molecule is COc1cccc(C(N)c2cccc(OC(C)C)c2)c1F. The molecule has 0 aliphatic carbocycles. The third kappa shape index (κ3) is 3.52. The van der Waals surface area contributed by atoms with Gasteiger partial charge in [-0.3, -0.25) is 0 Å². The maximum absolute atomic E-state index is 14.3. The maximum atomic E-state index is 14.3. The maximum Gasteiger partial charge on any atom is 0.170 e. The van der Waals surface area contributed by atoms with Crippen molar-refractivity contribution in [3.8, 4) is 11.5 Å². The Morgan fingerprint density at radius 2 is 1.81 bits per heavy atom. The van der Waals surface area contributed by atoms with Crippen LogP contribution in [0.1, 0.15) is 31.0 Å². The van der Waals surface area contributed by atoms with Crippen LogP contribution in [0.2, 0.25) is 0 Å². The van der Waals surface area contributed by atoms with Crippen molar-refractivity contribution in [2.75, 3.05) is 7.11 Å². The monoisotopic (exact) mass is 289 g/mol. The molecule has 2 rings (SSSR count). The smallest absolute Gasteiger partial charge is 0.170 e. The Bertz CT molecular complexity index is 613. The summed E-state index contributed by atoms with van der Waals surface area (Å²) in [5.41, 5.74) is 7.38. The molecular weight excluding hydrogens is 269 g/mol. The predicted molar refractivity (Wildman–Crippen MR) is 81.2 cm³/mol. The summed E-state index contributed by atoms with van der Waals surface area (Å²) in [6, 6.07) is 11.8. The molecule has 0 amide bonds. The first-order valence-corrected chi connectivity index (χ1v) is 6.87. The van der Waals surface area contributed by atoms with E-state index in [2.05, 4.69) is 0 Å². The highest BCUT2D eigenvalue weighted by Gasteiger charge is 2.17. The first kappa shape index (κ1) is 15.3. The van der Waals surface area contributed by atoms with E-state index in [9.17, 15) is 4.39 Å². The van der Waals surface area contributed by atoms with Crippen molar-refractivity contribution in [2.24, 2.45) is 5.73 Å². The first-order chi connectivity index (χ1) is 10.0. The Labute approximate surface area is 124 Å². The van der Waals surface area contributed by atoms with Gasteiger partial charge in [-0.25, -0.2) is 4.39 Å². The molecule has 0 aliphatic heterocycles. The topological polar surface area (TPSA) is 44.5 Å². The fraction of sp³-hybridized carbons (Fsp3) is 0.294. The van der Waals surface area contributed by atoms with Gasteiger partial charge in [0, 0.05) is 5.56 Å². The van der Waals surface area contributed by atoms with E-state index in [1.807, 2.05) is 38.1 Å². The van der Waals surface area contributed by atoms with Crippen LogP contribution < -0.4 is 15.2 Å². The number of methoxy groups -OCH3 is 1. The highest BCUT2D eigenvalue weighted by Crippen LogP contribution is 2.29. The number of hydrogen-bond donors (Lipinski definition) is 1. The minimum atomic E-state index is -0.573. The molecule has 0 bridgehead atoms. The van der Waals surface area contributed by atoms with Gasteiger partial charge < -0.3 is 15.2 Å². The van der Waals surface area contributed by atoms with Crippen LogP contribution in [0.25, 0.3) is 0 Å². The minimum Gasteiger partial charge on any atom is -0.494 e. The van der Waals surface area contributed by atoms with Gasteiger partial charge in [0.15, 0.2) is 11.6 Å². The largest absolute Gasteiger partial charge is 0.494 e. The number of nitrogens with two attached hydrogens (primary N) is 1. The van der Waals surface area contributed by atoms with Crippen LogP contribution in [-0.2, 0) is 0 Å². The molecular formula is C17H20FNO2. The van der Waals surface area contributed by atoms with E-state index in [-0.39, 0.29) is 11.9 Å². The molecule has 0 saturated heterocycles. The molecule has 0 heterocycles. The lowest BCUT2D eigenvalue weighted by Crippen LogP contribution is -2.14. The Morgan fingerprint density at radius 1 is 1.10 bits per heavy atom. The predicted octanol–water partition coefficient (Wildman–Crippen LogP) is 3.67. The quantitative estimate of drug-likeness (QED) is 0.913. The summed E-state index contributed by atoms with van der Waals surface area (Å²) in [5.74, 6) is 0.487. The normalized spacial score (nSPS) is 12.3. The van der Waals surface area contributed by atoms with E-state index in [1.54, 1.807) is 18.2 Å². The van der Waals surface area contributed by atoms with E-state index in [1.165, 1.54) is 7.11 Å². The Morgan fingerprint density at radius 3 is 2.48 bits per heavy atom. The van der Waals surface area contributed by atoms with Crippen molar-refractivity contribution in [1.82, 2.24) is 0 Å². The Balaban J connectivity index is 2.34. The second-order valence-electron chi connectivity index (χ2n) is 5.08. The first-order valence-electron chi connectivity index (χ1n) is 6.87. The molecule has 0 spiro atoms. The molecule has 21 heavy (non-hydrogen) atoms. The summed E-state index contributed by atoms with van der Waals surface area (Å²) in [4.78, 5) is 0. The molecule has 2 aromatic carbocycles. The summed E-state index contributed by atoms with van der Waals surface area (Å²) < 4.78 is 24.9. The van der Waals surface area contributed by atoms with E-state index in [4.69, 9.17) is 15.2 Å². The number of hydrogen-bond acceptors (Lipinski definition) is 3. The molecule has 0 saturated carbocycles. The van der Waals surface area contributed by atoms with Crippen LogP contribution in [0.15, 0.2) is 42.5 Å². The van der Waals surface area contributed by atoms with Crippen LogP contribution >= 0.6 is 0 Å². The molecule has 2 N–H and O–H groups in total. The van der Waals surface area contributed by atoms with Crippen molar-refractivity contribution in [1.29, 1.82) is 0 Å². The van der Waals surface area contributed by atoms with Gasteiger partial charge in [0.25, 0.3) is 0 Å². The second-order valence-corrected chi connectivity index (χ2v) is 5.08. The average Bonchev–Trinajstić information content (AvgIpc) is 2.46. The molecule has 0 radical (unpaired) electrons. The summed E-state index contributed by atoms with van der Waals surface area (Å²) in [6.45, 7) is 3.91. The highest BCUT2D eigenvalue weighted by atomic mass is 19.1. The Kier molecular flexibility index (Phi) is 4.81. The van der Waals surface area contributed by atoms with Crippen LogP contribution in [0, 0.1) is 5.82 Å². The van der Waals surface area contributed by atoms with Crippen molar-refractivity contribution in [2.45, 2.75) is 26.0 Å². The van der Waals surface area contributed by atoms with Crippen LogP contribution in [0.4, 0.5) is 4.39 Å². The summed E-state index contributed by atoms with van der Waals surface area (Å²) in [5, 5.41) is 0. The molecule has 0 fully saturated rings. The van der Waals surface area contributed by atoms with Crippen molar-refractivity contribution < 1.29 is 13.9 Å². The summed E-state index contributed by atoms with van der Waals surface area (Å²) in [6.07, 6.45) is 0.0741. The van der Waals surface area contributed by atoms with Crippen LogP contribution in [0.5, 0.6) is 11.5 Å². The lowest BCUT2D eigenvalue weighted by atomic mass is 9.98. The van der Waals surface area contributed by atoms with E-state index >= 15 is 0 Å². The zero-order valence-corrected chi connectivity index (χ0v) is 12.5. The lowest BCUT2D eigenvalue weighted by molar-refractivity contribution is 0.242. The fourth-order valence-corrected chi connectivity index (χ4v) is 2.16. The van der Waals surface area contributed by atoms with E-state index in [0.29, 0.717) is 5.56 Å². The minimum absolute atomic E-state index is 0.0741. The zero-order chi connectivity index (χ0) is 15.4. The van der Waals surface area contributed by atoms with Gasteiger partial charge in [0.2, 0.25) is 0 Å². The molecule has 1 atom stereocenters. The highest BCUT2D eigenvalue weighted by molar-refractivity contribution is 5.40. The summed E-state index contributed by atoms with van der Waals surface area (Å²) in [7, 11) is 1.44. The molecule has 0 aliphatic rings. The molecule has 112 valence electrons. The average molecular weight is 289 g/mol. The molecule has 4 heteroatoms. The zero-order valence-electron chi connectivity index (χ0n) is 12.5.